The number of rotatable bonds is 3. The lowest BCUT2D eigenvalue weighted by Gasteiger charge is -2.20. The number of anilines is 1. The maximum atomic E-state index is 13.3. The molecule has 1 aliphatic rings. The molecule has 6 nitrogen and oxygen atoms in total. The summed E-state index contributed by atoms with van der Waals surface area (Å²) in [7, 11) is 1.66. The third kappa shape index (κ3) is 3.47. The molecule has 1 aliphatic heterocycles. The minimum atomic E-state index is -0.821. The van der Waals surface area contributed by atoms with Crippen molar-refractivity contribution in [3.63, 3.8) is 0 Å². The number of fused-ring (bicyclic) bond motifs is 2. The molecule has 2 amide bonds. The third-order valence-corrected chi connectivity index (χ3v) is 5.67. The molecular weight excluding hydrogens is 409 g/mol. The summed E-state index contributed by atoms with van der Waals surface area (Å²) < 4.78 is 19.1. The lowest BCUT2D eigenvalue weighted by molar-refractivity contribution is -0.120. The van der Waals surface area contributed by atoms with Crippen LogP contribution in [0.3, 0.4) is 0 Å². The summed E-state index contributed by atoms with van der Waals surface area (Å²) in [4.78, 5) is 30.6. The fourth-order valence-corrected chi connectivity index (χ4v) is 3.93. The highest BCUT2D eigenvalue weighted by Gasteiger charge is 2.30. The van der Waals surface area contributed by atoms with E-state index in [0.29, 0.717) is 17.0 Å². The zero-order valence-electron chi connectivity index (χ0n) is 17.3. The van der Waals surface area contributed by atoms with Gasteiger partial charge in [-0.2, -0.15) is 0 Å². The molecule has 160 valence electrons. The van der Waals surface area contributed by atoms with Crippen LogP contribution >= 0.6 is 0 Å². The maximum absolute atomic E-state index is 13.3. The predicted molar refractivity (Wildman–Crippen MR) is 120 cm³/mol. The van der Waals surface area contributed by atoms with Crippen LogP contribution in [0.4, 0.5) is 10.1 Å². The summed E-state index contributed by atoms with van der Waals surface area (Å²) in [5.74, 6) is -0.341. The molecule has 0 bridgehead atoms. The van der Waals surface area contributed by atoms with Crippen LogP contribution in [0.1, 0.15) is 10.4 Å². The van der Waals surface area contributed by atoms with E-state index in [4.69, 9.17) is 4.74 Å². The van der Waals surface area contributed by atoms with Crippen LogP contribution in [0.15, 0.2) is 72.9 Å². The Morgan fingerprint density at radius 3 is 2.72 bits per heavy atom. The van der Waals surface area contributed by atoms with E-state index in [1.165, 1.54) is 17.0 Å². The molecule has 0 fully saturated rings. The number of carbonyl (C=O) groups excluding carboxylic acids is 2. The number of aromatic nitrogens is 1. The summed E-state index contributed by atoms with van der Waals surface area (Å²) in [6.45, 7) is 0.0408. The third-order valence-electron chi connectivity index (χ3n) is 5.67. The van der Waals surface area contributed by atoms with Crippen LogP contribution < -0.4 is 15.0 Å². The van der Waals surface area contributed by atoms with Gasteiger partial charge in [0, 0.05) is 35.3 Å². The van der Waals surface area contributed by atoms with Crippen molar-refractivity contribution in [3.05, 3.63) is 84.3 Å². The number of H-pyrrole nitrogens is 1. The zero-order chi connectivity index (χ0) is 22.2. The van der Waals surface area contributed by atoms with Crippen molar-refractivity contribution >= 4 is 28.4 Å². The Morgan fingerprint density at radius 2 is 1.91 bits per heavy atom. The highest BCUT2D eigenvalue weighted by Crippen LogP contribution is 2.31. The van der Waals surface area contributed by atoms with Gasteiger partial charge in [0.1, 0.15) is 24.2 Å². The molecule has 0 radical (unpaired) electrons. The van der Waals surface area contributed by atoms with Crippen LogP contribution in [0.25, 0.3) is 22.0 Å². The average Bonchev–Trinajstić information content (AvgIpc) is 3.20. The first kappa shape index (κ1) is 19.8. The van der Waals surface area contributed by atoms with Gasteiger partial charge in [-0.3, -0.25) is 9.59 Å². The van der Waals surface area contributed by atoms with E-state index < -0.39 is 6.04 Å². The number of amides is 2. The van der Waals surface area contributed by atoms with E-state index in [0.717, 1.165) is 22.0 Å². The number of likely N-dealkylation sites (N-methyl/N-ethyl adjacent to an activating group) is 1. The molecule has 0 spiro atoms. The van der Waals surface area contributed by atoms with E-state index >= 15 is 0 Å². The van der Waals surface area contributed by atoms with Crippen molar-refractivity contribution in [2.24, 2.45) is 0 Å². The molecule has 3 aromatic carbocycles. The van der Waals surface area contributed by atoms with Gasteiger partial charge in [0.15, 0.2) is 0 Å². The van der Waals surface area contributed by atoms with Crippen molar-refractivity contribution in [2.75, 3.05) is 18.6 Å². The molecule has 0 unspecified atom stereocenters. The van der Waals surface area contributed by atoms with Crippen LogP contribution in [0.5, 0.6) is 5.75 Å². The maximum Gasteiger partial charge on any atom is 0.252 e. The molecule has 0 saturated heterocycles. The van der Waals surface area contributed by atoms with Gasteiger partial charge in [0.25, 0.3) is 11.8 Å². The number of aromatic amines is 1. The lowest BCUT2D eigenvalue weighted by atomic mass is 10.0. The normalized spacial score (nSPS) is 15.8. The van der Waals surface area contributed by atoms with Crippen LogP contribution in [0, 0.1) is 5.82 Å². The highest BCUT2D eigenvalue weighted by molar-refractivity contribution is 6.06. The number of benzene rings is 3. The molecule has 7 heteroatoms. The smallest absolute Gasteiger partial charge is 0.252 e. The minimum absolute atomic E-state index is 0.0408. The first-order valence-electron chi connectivity index (χ1n) is 10.2. The van der Waals surface area contributed by atoms with Gasteiger partial charge in [0.05, 0.1) is 5.69 Å². The van der Waals surface area contributed by atoms with Crippen molar-refractivity contribution in [1.82, 2.24) is 10.3 Å². The molecule has 5 rings (SSSR count). The van der Waals surface area contributed by atoms with Crippen molar-refractivity contribution in [3.8, 4) is 16.9 Å². The van der Waals surface area contributed by atoms with Gasteiger partial charge < -0.3 is 19.9 Å². The second-order valence-corrected chi connectivity index (χ2v) is 7.67. The number of carbonyl (C=O) groups is 2. The summed E-state index contributed by atoms with van der Waals surface area (Å²) >= 11 is 0. The van der Waals surface area contributed by atoms with E-state index in [9.17, 15) is 14.0 Å². The number of halogens is 1. The molecule has 1 aromatic heterocycles. The van der Waals surface area contributed by atoms with Gasteiger partial charge in [-0.1, -0.05) is 24.3 Å². The topological polar surface area (TPSA) is 74.4 Å². The summed E-state index contributed by atoms with van der Waals surface area (Å²) in [6, 6.07) is 17.9. The number of ether oxygens (including phenoxy) is 1. The van der Waals surface area contributed by atoms with Gasteiger partial charge in [-0.25, -0.2) is 4.39 Å². The average molecular weight is 429 g/mol. The van der Waals surface area contributed by atoms with Gasteiger partial charge in [0.2, 0.25) is 0 Å². The Hall–Kier alpha value is -4.13. The monoisotopic (exact) mass is 429 g/mol. The first-order valence-corrected chi connectivity index (χ1v) is 10.2. The number of nitrogens with one attached hydrogen (secondary N) is 2. The Balaban J connectivity index is 1.41. The molecule has 0 saturated carbocycles. The SMILES string of the molecule is CN1C(=O)[C@@H](NC(=O)c2ccc3[nH]cc(-c4ccc(F)cc4)c3c2)COc2ccccc21. The number of hydrogen-bond acceptors (Lipinski definition) is 3. The second kappa shape index (κ2) is 7.85. The number of nitrogens with zero attached hydrogens (tertiary/aromatic N) is 1. The fraction of sp³-hybridized carbons (Fsp3) is 0.120. The fourth-order valence-electron chi connectivity index (χ4n) is 3.93. The standard InChI is InChI=1S/C25H20FN3O3/c1-29-22-4-2-3-5-23(22)32-14-21(25(29)31)28-24(30)16-8-11-20-18(12-16)19(13-27-20)15-6-9-17(26)10-7-15/h2-13,21,27H,14H2,1H3,(H,28,30)/t21-/m0/s1. The number of hydrogen-bond donors (Lipinski definition) is 2. The quantitative estimate of drug-likeness (QED) is 0.514. The Morgan fingerprint density at radius 1 is 1.12 bits per heavy atom. The molecular formula is C25H20FN3O3. The minimum Gasteiger partial charge on any atom is -0.489 e. The van der Waals surface area contributed by atoms with E-state index in [1.807, 2.05) is 24.4 Å². The van der Waals surface area contributed by atoms with Crippen molar-refractivity contribution in [1.29, 1.82) is 0 Å². The highest BCUT2D eigenvalue weighted by atomic mass is 19.1. The first-order chi connectivity index (χ1) is 15.5. The Labute approximate surface area is 183 Å². The van der Waals surface area contributed by atoms with Gasteiger partial charge in [-0.05, 0) is 48.0 Å². The molecule has 2 heterocycles. The van der Waals surface area contributed by atoms with Gasteiger partial charge >= 0.3 is 0 Å². The molecule has 32 heavy (non-hydrogen) atoms. The number of para-hydroxylation sites is 2. The zero-order valence-corrected chi connectivity index (χ0v) is 17.3. The van der Waals surface area contributed by atoms with Gasteiger partial charge in [-0.15, -0.1) is 0 Å². The van der Waals surface area contributed by atoms with Crippen LogP contribution in [0.2, 0.25) is 0 Å². The van der Waals surface area contributed by atoms with Crippen molar-refractivity contribution < 1.29 is 18.7 Å². The van der Waals surface area contributed by atoms with Crippen LogP contribution in [-0.2, 0) is 4.79 Å². The predicted octanol–water partition coefficient (Wildman–Crippen LogP) is 4.13. The Bertz CT molecular complexity index is 1330. The molecule has 0 aliphatic carbocycles. The Kier molecular flexibility index (Phi) is 4.86. The largest absolute Gasteiger partial charge is 0.489 e. The van der Waals surface area contributed by atoms with E-state index in [1.54, 1.807) is 43.4 Å². The van der Waals surface area contributed by atoms with Crippen molar-refractivity contribution in [2.45, 2.75) is 6.04 Å². The lowest BCUT2D eigenvalue weighted by Crippen LogP contribution is -2.49. The summed E-state index contributed by atoms with van der Waals surface area (Å²) in [5, 5.41) is 3.63. The van der Waals surface area contributed by atoms with Crippen LogP contribution in [-0.4, -0.2) is 36.5 Å². The summed E-state index contributed by atoms with van der Waals surface area (Å²) in [5.41, 5.74) is 3.62. The summed E-state index contributed by atoms with van der Waals surface area (Å²) in [6.07, 6.45) is 1.83. The van der Waals surface area contributed by atoms with E-state index in [-0.39, 0.29) is 24.2 Å². The molecule has 4 aromatic rings. The molecule has 1 atom stereocenters. The molecule has 2 N–H and O–H groups in total. The van der Waals surface area contributed by atoms with E-state index in [2.05, 4.69) is 10.3 Å². The second-order valence-electron chi connectivity index (χ2n) is 7.67.